The van der Waals surface area contributed by atoms with E-state index in [9.17, 15) is 4.79 Å². The molecule has 2 aromatic heterocycles. The van der Waals surface area contributed by atoms with E-state index in [1.54, 1.807) is 0 Å². The summed E-state index contributed by atoms with van der Waals surface area (Å²) >= 11 is 0. The van der Waals surface area contributed by atoms with Gasteiger partial charge in [0.15, 0.2) is 17.0 Å². The molecule has 2 fully saturated rings. The summed E-state index contributed by atoms with van der Waals surface area (Å²) in [6, 6.07) is 0.538. The number of aryl methyl sites for hydroxylation is 1. The van der Waals surface area contributed by atoms with E-state index < -0.39 is 0 Å². The normalized spacial score (nSPS) is 19.1. The summed E-state index contributed by atoms with van der Waals surface area (Å²) in [5, 5.41) is 0. The zero-order chi connectivity index (χ0) is 18.3. The maximum atomic E-state index is 12.2. The van der Waals surface area contributed by atoms with Crippen LogP contribution >= 0.6 is 0 Å². The molecule has 0 bridgehead atoms. The lowest BCUT2D eigenvalue weighted by Gasteiger charge is -2.13. The Kier molecular flexibility index (Phi) is 4.34. The van der Waals surface area contributed by atoms with E-state index in [1.807, 2.05) is 30.2 Å². The second-order valence-corrected chi connectivity index (χ2v) is 7.14. The summed E-state index contributed by atoms with van der Waals surface area (Å²) in [4.78, 5) is 32.1. The molecule has 1 aliphatic heterocycles. The summed E-state index contributed by atoms with van der Waals surface area (Å²) in [7, 11) is 0. The fourth-order valence-electron chi connectivity index (χ4n) is 3.23. The number of ether oxygens (including phenoxy) is 1. The summed E-state index contributed by atoms with van der Waals surface area (Å²) < 4.78 is 7.74. The third kappa shape index (κ3) is 3.15. The van der Waals surface area contributed by atoms with E-state index in [0.29, 0.717) is 30.4 Å². The predicted molar refractivity (Wildman–Crippen MR) is 97.8 cm³/mol. The van der Waals surface area contributed by atoms with E-state index in [2.05, 4.69) is 15.0 Å². The first-order chi connectivity index (χ1) is 12.6. The molecule has 0 radical (unpaired) electrons. The first kappa shape index (κ1) is 16.9. The van der Waals surface area contributed by atoms with Gasteiger partial charge in [0.25, 0.3) is 6.01 Å². The van der Waals surface area contributed by atoms with Gasteiger partial charge in [0, 0.05) is 31.1 Å². The van der Waals surface area contributed by atoms with Crippen LogP contribution in [0.4, 0.5) is 5.82 Å². The highest BCUT2D eigenvalue weighted by Gasteiger charge is 2.35. The Morgan fingerprint density at radius 3 is 2.88 bits per heavy atom. The quantitative estimate of drug-likeness (QED) is 0.821. The molecule has 0 unspecified atom stereocenters. The Morgan fingerprint density at radius 1 is 1.38 bits per heavy atom. The highest BCUT2D eigenvalue weighted by Crippen LogP contribution is 2.32. The topological polar surface area (TPSA) is 85.5 Å². The number of aromatic nitrogens is 4. The molecule has 3 heterocycles. The van der Waals surface area contributed by atoms with Gasteiger partial charge in [-0.2, -0.15) is 4.98 Å². The monoisotopic (exact) mass is 356 g/mol. The molecule has 8 nitrogen and oxygen atoms in total. The maximum absolute atomic E-state index is 12.2. The summed E-state index contributed by atoms with van der Waals surface area (Å²) in [6.07, 6.45) is 4.38. The van der Waals surface area contributed by atoms with Gasteiger partial charge in [0.2, 0.25) is 5.91 Å². The fraction of sp³-hybridized carbons (Fsp3) is 0.611. The van der Waals surface area contributed by atoms with Crippen molar-refractivity contribution in [2.75, 3.05) is 13.1 Å². The fourth-order valence-corrected chi connectivity index (χ4v) is 3.23. The summed E-state index contributed by atoms with van der Waals surface area (Å²) in [5.74, 6) is 1.06. The highest BCUT2D eigenvalue weighted by atomic mass is 16.5. The number of aliphatic imine (C=N–C) groups is 1. The molecule has 138 valence electrons. The van der Waals surface area contributed by atoms with Gasteiger partial charge in [0.05, 0.1) is 12.6 Å². The van der Waals surface area contributed by atoms with Crippen LogP contribution in [0, 0.1) is 5.92 Å². The molecule has 4 rings (SSSR count). The zero-order valence-electron chi connectivity index (χ0n) is 15.5. The molecule has 1 aliphatic carbocycles. The van der Waals surface area contributed by atoms with E-state index in [0.717, 1.165) is 37.2 Å². The SMILES string of the molecule is CCn1c(OC(C)C)nc2c(/N=C3/CCN(C(=O)C4CC4)C3)ncnc21. The minimum atomic E-state index is 0.0247. The van der Waals surface area contributed by atoms with E-state index in [4.69, 9.17) is 9.73 Å². The number of nitrogens with zero attached hydrogens (tertiary/aromatic N) is 6. The number of carbonyl (C=O) groups excluding carboxylic acids is 1. The number of amides is 1. The molecule has 2 aromatic rings. The lowest BCUT2D eigenvalue weighted by Crippen LogP contribution is -2.29. The van der Waals surface area contributed by atoms with E-state index in [1.165, 1.54) is 6.33 Å². The molecule has 8 heteroatoms. The third-order valence-corrected chi connectivity index (χ3v) is 4.68. The summed E-state index contributed by atoms with van der Waals surface area (Å²) in [5.41, 5.74) is 2.34. The molecule has 0 atom stereocenters. The molecule has 0 spiro atoms. The number of imidazole rings is 1. The lowest BCUT2D eigenvalue weighted by molar-refractivity contribution is -0.131. The third-order valence-electron chi connectivity index (χ3n) is 4.68. The average Bonchev–Trinajstić information content (AvgIpc) is 3.25. The Morgan fingerprint density at radius 2 is 2.19 bits per heavy atom. The molecule has 26 heavy (non-hydrogen) atoms. The first-order valence-corrected chi connectivity index (χ1v) is 9.30. The lowest BCUT2D eigenvalue weighted by atomic mass is 10.3. The van der Waals surface area contributed by atoms with Crippen LogP contribution in [-0.4, -0.2) is 55.2 Å². The number of carbonyl (C=O) groups is 1. The number of fused-ring (bicyclic) bond motifs is 1. The van der Waals surface area contributed by atoms with Gasteiger partial charge in [-0.15, -0.1) is 0 Å². The van der Waals surface area contributed by atoms with Crippen LogP contribution in [0.1, 0.15) is 40.0 Å². The highest BCUT2D eigenvalue weighted by molar-refractivity contribution is 5.97. The van der Waals surface area contributed by atoms with Crippen molar-refractivity contribution in [3.05, 3.63) is 6.33 Å². The molecule has 1 saturated heterocycles. The van der Waals surface area contributed by atoms with Crippen LogP contribution in [0.2, 0.25) is 0 Å². The Bertz CT molecular complexity index is 868. The molecule has 0 N–H and O–H groups in total. The van der Waals surface area contributed by atoms with Gasteiger partial charge in [-0.3, -0.25) is 9.36 Å². The average molecular weight is 356 g/mol. The van der Waals surface area contributed by atoms with Crippen LogP contribution in [0.5, 0.6) is 6.01 Å². The second-order valence-electron chi connectivity index (χ2n) is 7.14. The van der Waals surface area contributed by atoms with Crippen molar-refractivity contribution < 1.29 is 9.53 Å². The van der Waals surface area contributed by atoms with Crippen molar-refractivity contribution in [2.24, 2.45) is 10.9 Å². The largest absolute Gasteiger partial charge is 0.462 e. The van der Waals surface area contributed by atoms with Crippen molar-refractivity contribution in [2.45, 2.75) is 52.7 Å². The van der Waals surface area contributed by atoms with Crippen LogP contribution in [0.25, 0.3) is 11.2 Å². The van der Waals surface area contributed by atoms with E-state index in [-0.39, 0.29) is 17.9 Å². The molecule has 1 saturated carbocycles. The number of rotatable bonds is 5. The first-order valence-electron chi connectivity index (χ1n) is 9.30. The smallest absolute Gasteiger partial charge is 0.298 e. The minimum absolute atomic E-state index is 0.0247. The van der Waals surface area contributed by atoms with Crippen molar-refractivity contribution in [1.29, 1.82) is 0 Å². The number of hydrogen-bond acceptors (Lipinski definition) is 6. The second kappa shape index (κ2) is 6.66. The van der Waals surface area contributed by atoms with Gasteiger partial charge in [-0.05, 0) is 33.6 Å². The predicted octanol–water partition coefficient (Wildman–Crippen LogP) is 2.35. The van der Waals surface area contributed by atoms with Crippen LogP contribution < -0.4 is 4.74 Å². The van der Waals surface area contributed by atoms with Gasteiger partial charge in [-0.1, -0.05) is 0 Å². The Hall–Kier alpha value is -2.51. The van der Waals surface area contributed by atoms with Crippen molar-refractivity contribution in [3.63, 3.8) is 0 Å². The van der Waals surface area contributed by atoms with Gasteiger partial charge < -0.3 is 9.64 Å². The van der Waals surface area contributed by atoms with Gasteiger partial charge in [0.1, 0.15) is 6.33 Å². The number of likely N-dealkylation sites (tertiary alicyclic amines) is 1. The zero-order valence-corrected chi connectivity index (χ0v) is 15.5. The summed E-state index contributed by atoms with van der Waals surface area (Å²) in [6.45, 7) is 8.00. The minimum Gasteiger partial charge on any atom is -0.462 e. The molecule has 2 aliphatic rings. The molecule has 0 aromatic carbocycles. The van der Waals surface area contributed by atoms with Crippen molar-refractivity contribution in [1.82, 2.24) is 24.4 Å². The number of hydrogen-bond donors (Lipinski definition) is 0. The van der Waals surface area contributed by atoms with Crippen LogP contribution in [-0.2, 0) is 11.3 Å². The van der Waals surface area contributed by atoms with Crippen LogP contribution in [0.3, 0.4) is 0 Å². The van der Waals surface area contributed by atoms with Crippen LogP contribution in [0.15, 0.2) is 11.3 Å². The molecule has 1 amide bonds. The Labute approximate surface area is 152 Å². The molecular formula is C18H24N6O2. The van der Waals surface area contributed by atoms with Crippen molar-refractivity contribution >= 4 is 28.6 Å². The maximum Gasteiger partial charge on any atom is 0.298 e. The van der Waals surface area contributed by atoms with Gasteiger partial charge in [-0.25, -0.2) is 15.0 Å². The Balaban J connectivity index is 1.64. The standard InChI is InChI=1S/C18H24N6O2/c1-4-24-16-14(22-18(24)26-11(2)3)15(19-10-20-16)21-13-7-8-23(9-13)17(25)12-5-6-12/h10-12H,4-9H2,1-3H3/b21-13-. The van der Waals surface area contributed by atoms with E-state index >= 15 is 0 Å². The van der Waals surface area contributed by atoms with Crippen molar-refractivity contribution in [3.8, 4) is 6.01 Å². The van der Waals surface area contributed by atoms with Gasteiger partial charge >= 0.3 is 0 Å². The molecular weight excluding hydrogens is 332 g/mol.